The molecule has 5 nitrogen and oxygen atoms in total. The van der Waals surface area contributed by atoms with Crippen LogP contribution in [0, 0.1) is 0 Å². The van der Waals surface area contributed by atoms with Gasteiger partial charge < -0.3 is 15.7 Å². The van der Waals surface area contributed by atoms with Crippen LogP contribution in [0.25, 0.3) is 0 Å². The number of nitrogens with one attached hydrogen (secondary N) is 2. The number of hydrogen-bond acceptors (Lipinski definition) is 3. The molecule has 1 rings (SSSR count). The van der Waals surface area contributed by atoms with E-state index in [0.717, 1.165) is 19.1 Å². The molecule has 20 heavy (non-hydrogen) atoms. The summed E-state index contributed by atoms with van der Waals surface area (Å²) in [5, 5.41) is 13.6. The summed E-state index contributed by atoms with van der Waals surface area (Å²) in [4.78, 5) is 21.7. The lowest BCUT2D eigenvalue weighted by Gasteiger charge is -2.15. The van der Waals surface area contributed by atoms with E-state index in [2.05, 4.69) is 10.6 Å². The lowest BCUT2D eigenvalue weighted by atomic mass is 10.2. The number of carbonyl (C=O) groups excluding carboxylic acids is 1. The smallest absolute Gasteiger partial charge is 0.416 e. The third kappa shape index (κ3) is 4.79. The highest BCUT2D eigenvalue weighted by atomic mass is 19.4. The van der Waals surface area contributed by atoms with E-state index in [9.17, 15) is 22.8 Å². The highest BCUT2D eigenvalue weighted by Gasteiger charge is 2.30. The van der Waals surface area contributed by atoms with Gasteiger partial charge in [0.1, 0.15) is 6.04 Å². The fourth-order valence-corrected chi connectivity index (χ4v) is 1.47. The molecule has 0 aliphatic heterocycles. The molecule has 3 N–H and O–H groups in total. The van der Waals surface area contributed by atoms with Crippen LogP contribution in [-0.2, 0) is 15.8 Å². The number of carboxylic acid groups (broad SMARTS) is 1. The number of aliphatic carboxylic acids is 1. The standard InChI is InChI=1S/C12H13F3N2O3/c1-7(18)17-10(11(19)20)6-16-9-4-2-3-8(5-9)12(13,14)15/h2-5,10,16H,6H2,1H3,(H,17,18)(H,19,20). The largest absolute Gasteiger partial charge is 0.480 e. The molecule has 0 aliphatic rings. The van der Waals surface area contributed by atoms with Crippen molar-refractivity contribution in [2.45, 2.75) is 19.1 Å². The maximum Gasteiger partial charge on any atom is 0.416 e. The predicted octanol–water partition coefficient (Wildman–Crippen LogP) is 1.71. The molecule has 1 aromatic carbocycles. The lowest BCUT2D eigenvalue weighted by Crippen LogP contribution is -2.44. The second-order valence-corrected chi connectivity index (χ2v) is 4.05. The normalized spacial score (nSPS) is 12.6. The van der Waals surface area contributed by atoms with Crippen molar-refractivity contribution in [2.24, 2.45) is 0 Å². The van der Waals surface area contributed by atoms with Crippen molar-refractivity contribution < 1.29 is 27.9 Å². The van der Waals surface area contributed by atoms with Crippen LogP contribution >= 0.6 is 0 Å². The number of carbonyl (C=O) groups is 2. The Balaban J connectivity index is 2.73. The SMILES string of the molecule is CC(=O)NC(CNc1cccc(C(F)(F)F)c1)C(=O)O. The number of anilines is 1. The minimum absolute atomic E-state index is 0.122. The van der Waals surface area contributed by atoms with Crippen LogP contribution in [0.1, 0.15) is 12.5 Å². The van der Waals surface area contributed by atoms with Gasteiger partial charge in [0.2, 0.25) is 5.91 Å². The monoisotopic (exact) mass is 290 g/mol. The van der Waals surface area contributed by atoms with Gasteiger partial charge in [-0.15, -0.1) is 0 Å². The molecular weight excluding hydrogens is 277 g/mol. The third-order valence-electron chi connectivity index (χ3n) is 2.38. The molecule has 1 unspecified atom stereocenters. The first-order chi connectivity index (χ1) is 9.20. The Morgan fingerprint density at radius 2 is 2.00 bits per heavy atom. The van der Waals surface area contributed by atoms with Crippen LogP contribution in [-0.4, -0.2) is 29.6 Å². The van der Waals surface area contributed by atoms with E-state index in [1.807, 2.05) is 0 Å². The molecule has 0 fully saturated rings. The van der Waals surface area contributed by atoms with Gasteiger partial charge in [0.25, 0.3) is 0 Å². The van der Waals surface area contributed by atoms with Gasteiger partial charge in [0.05, 0.1) is 5.56 Å². The first-order valence-corrected chi connectivity index (χ1v) is 5.61. The summed E-state index contributed by atoms with van der Waals surface area (Å²) in [7, 11) is 0. The van der Waals surface area contributed by atoms with Crippen LogP contribution in [0.2, 0.25) is 0 Å². The van der Waals surface area contributed by atoms with Crippen molar-refractivity contribution in [2.75, 3.05) is 11.9 Å². The van der Waals surface area contributed by atoms with Crippen LogP contribution in [0.4, 0.5) is 18.9 Å². The lowest BCUT2D eigenvalue weighted by molar-refractivity contribution is -0.141. The van der Waals surface area contributed by atoms with Crippen molar-refractivity contribution in [1.82, 2.24) is 5.32 Å². The van der Waals surface area contributed by atoms with Crippen LogP contribution in [0.5, 0.6) is 0 Å². The van der Waals surface area contributed by atoms with E-state index >= 15 is 0 Å². The third-order valence-corrected chi connectivity index (χ3v) is 2.38. The van der Waals surface area contributed by atoms with E-state index in [-0.39, 0.29) is 12.2 Å². The molecule has 1 atom stereocenters. The first-order valence-electron chi connectivity index (χ1n) is 5.61. The van der Waals surface area contributed by atoms with Gasteiger partial charge in [-0.2, -0.15) is 13.2 Å². The Labute approximate surface area is 112 Å². The fraction of sp³-hybridized carbons (Fsp3) is 0.333. The minimum atomic E-state index is -4.47. The highest BCUT2D eigenvalue weighted by molar-refractivity contribution is 5.82. The minimum Gasteiger partial charge on any atom is -0.480 e. The second kappa shape index (κ2) is 6.27. The summed E-state index contributed by atoms with van der Waals surface area (Å²) < 4.78 is 37.5. The van der Waals surface area contributed by atoms with Crippen molar-refractivity contribution in [1.29, 1.82) is 0 Å². The molecule has 0 radical (unpaired) electrons. The van der Waals surface area contributed by atoms with Gasteiger partial charge in [0, 0.05) is 19.2 Å². The maximum absolute atomic E-state index is 12.5. The number of carboxylic acids is 1. The summed E-state index contributed by atoms with van der Waals surface area (Å²) >= 11 is 0. The molecule has 0 saturated carbocycles. The fourth-order valence-electron chi connectivity index (χ4n) is 1.47. The molecule has 0 aliphatic carbocycles. The van der Waals surface area contributed by atoms with E-state index in [0.29, 0.717) is 0 Å². The summed E-state index contributed by atoms with van der Waals surface area (Å²) in [6, 6.07) is 3.14. The Kier molecular flexibility index (Phi) is 4.95. The number of hydrogen-bond donors (Lipinski definition) is 3. The van der Waals surface area contributed by atoms with Crippen molar-refractivity contribution in [3.8, 4) is 0 Å². The van der Waals surface area contributed by atoms with E-state index in [1.165, 1.54) is 12.1 Å². The Hall–Kier alpha value is -2.25. The van der Waals surface area contributed by atoms with Gasteiger partial charge in [-0.3, -0.25) is 4.79 Å². The summed E-state index contributed by atoms with van der Waals surface area (Å²) in [6.07, 6.45) is -4.47. The summed E-state index contributed by atoms with van der Waals surface area (Å²) in [5.74, 6) is -1.82. The quantitative estimate of drug-likeness (QED) is 0.771. The average molecular weight is 290 g/mol. The van der Waals surface area contributed by atoms with Crippen molar-refractivity contribution in [3.63, 3.8) is 0 Å². The van der Waals surface area contributed by atoms with Crippen molar-refractivity contribution in [3.05, 3.63) is 29.8 Å². The number of amides is 1. The molecule has 0 spiro atoms. The zero-order valence-corrected chi connectivity index (χ0v) is 10.5. The van der Waals surface area contributed by atoms with Gasteiger partial charge in [-0.25, -0.2) is 4.79 Å². The van der Waals surface area contributed by atoms with Gasteiger partial charge in [-0.05, 0) is 18.2 Å². The number of alkyl halides is 3. The predicted molar refractivity (Wildman–Crippen MR) is 65.2 cm³/mol. The Morgan fingerprint density at radius 1 is 1.35 bits per heavy atom. The van der Waals surface area contributed by atoms with Gasteiger partial charge >= 0.3 is 12.1 Å². The molecule has 1 aromatic rings. The number of halogens is 3. The Morgan fingerprint density at radius 3 is 2.50 bits per heavy atom. The second-order valence-electron chi connectivity index (χ2n) is 4.05. The summed E-state index contributed by atoms with van der Waals surface area (Å²) in [5.41, 5.74) is -0.717. The maximum atomic E-state index is 12.5. The molecule has 0 heterocycles. The average Bonchev–Trinajstić information content (AvgIpc) is 2.33. The molecule has 0 aromatic heterocycles. The van der Waals surface area contributed by atoms with Crippen molar-refractivity contribution >= 4 is 17.6 Å². The van der Waals surface area contributed by atoms with E-state index in [4.69, 9.17) is 5.11 Å². The highest BCUT2D eigenvalue weighted by Crippen LogP contribution is 2.30. The summed E-state index contributed by atoms with van der Waals surface area (Å²) in [6.45, 7) is 0.927. The molecule has 0 bridgehead atoms. The zero-order valence-electron chi connectivity index (χ0n) is 10.5. The van der Waals surface area contributed by atoms with E-state index in [1.54, 1.807) is 0 Å². The number of rotatable bonds is 5. The molecule has 0 saturated heterocycles. The molecule has 110 valence electrons. The zero-order chi connectivity index (χ0) is 15.3. The van der Waals surface area contributed by atoms with Crippen LogP contribution in [0.3, 0.4) is 0 Å². The van der Waals surface area contributed by atoms with Gasteiger partial charge in [0.15, 0.2) is 0 Å². The molecule has 1 amide bonds. The Bertz CT molecular complexity index is 503. The van der Waals surface area contributed by atoms with Crippen LogP contribution < -0.4 is 10.6 Å². The number of benzene rings is 1. The molecule has 8 heteroatoms. The van der Waals surface area contributed by atoms with E-state index < -0.39 is 29.7 Å². The molecular formula is C12H13F3N2O3. The topological polar surface area (TPSA) is 78.4 Å². The van der Waals surface area contributed by atoms with Gasteiger partial charge in [-0.1, -0.05) is 6.07 Å². The van der Waals surface area contributed by atoms with Crippen LogP contribution in [0.15, 0.2) is 24.3 Å². The first kappa shape index (κ1) is 15.8.